The van der Waals surface area contributed by atoms with Crippen LogP contribution in [0.25, 0.3) is 0 Å². The zero-order valence-corrected chi connectivity index (χ0v) is 10.5. The third kappa shape index (κ3) is 3.03. The molecular formula is C13H15NO5. The molecule has 1 fully saturated rings. The minimum Gasteiger partial charge on any atom is -0.497 e. The molecule has 6 heteroatoms. The molecule has 0 saturated carbocycles. The Balaban J connectivity index is 2.13. The summed E-state index contributed by atoms with van der Waals surface area (Å²) >= 11 is 0. The van der Waals surface area contributed by atoms with Crippen molar-refractivity contribution in [3.8, 4) is 5.75 Å². The van der Waals surface area contributed by atoms with E-state index >= 15 is 0 Å². The highest BCUT2D eigenvalue weighted by Crippen LogP contribution is 2.16. The first kappa shape index (κ1) is 13.4. The highest BCUT2D eigenvalue weighted by atomic mass is 16.5. The van der Waals surface area contributed by atoms with Gasteiger partial charge in [-0.2, -0.15) is 0 Å². The van der Waals surface area contributed by atoms with Crippen molar-refractivity contribution in [2.45, 2.75) is 12.6 Å². The maximum Gasteiger partial charge on any atom is 0.328 e. The van der Waals surface area contributed by atoms with Crippen LogP contribution in [-0.2, 0) is 20.9 Å². The second-order valence-electron chi connectivity index (χ2n) is 4.24. The molecule has 1 amide bonds. The van der Waals surface area contributed by atoms with Gasteiger partial charge in [0, 0.05) is 6.54 Å². The molecule has 0 spiro atoms. The van der Waals surface area contributed by atoms with Gasteiger partial charge < -0.3 is 19.5 Å². The van der Waals surface area contributed by atoms with Crippen molar-refractivity contribution in [1.29, 1.82) is 0 Å². The molecule has 1 N–H and O–H groups in total. The first-order valence-corrected chi connectivity index (χ1v) is 5.85. The number of morpholine rings is 1. The minimum atomic E-state index is -1.05. The lowest BCUT2D eigenvalue weighted by molar-refractivity contribution is -0.163. The number of rotatable bonds is 4. The maximum absolute atomic E-state index is 11.7. The number of hydrogen-bond acceptors (Lipinski definition) is 4. The molecule has 1 heterocycles. The maximum atomic E-state index is 11.7. The van der Waals surface area contributed by atoms with E-state index in [0.717, 1.165) is 5.56 Å². The average molecular weight is 265 g/mol. The van der Waals surface area contributed by atoms with Crippen molar-refractivity contribution in [2.24, 2.45) is 0 Å². The zero-order chi connectivity index (χ0) is 13.8. The van der Waals surface area contributed by atoms with Gasteiger partial charge in [-0.05, 0) is 17.7 Å². The summed E-state index contributed by atoms with van der Waals surface area (Å²) in [5.41, 5.74) is 0.849. The lowest BCUT2D eigenvalue weighted by Crippen LogP contribution is -2.52. The lowest BCUT2D eigenvalue weighted by Gasteiger charge is -2.32. The molecule has 0 aliphatic carbocycles. The number of benzene rings is 1. The summed E-state index contributed by atoms with van der Waals surface area (Å²) in [5.74, 6) is -0.650. The summed E-state index contributed by atoms with van der Waals surface area (Å²) in [4.78, 5) is 24.2. The monoisotopic (exact) mass is 265 g/mol. The molecule has 1 aromatic rings. The summed E-state index contributed by atoms with van der Waals surface area (Å²) in [6, 6.07) is 6.23. The van der Waals surface area contributed by atoms with Crippen LogP contribution in [0, 0.1) is 0 Å². The molecule has 2 rings (SSSR count). The fourth-order valence-corrected chi connectivity index (χ4v) is 1.94. The Labute approximate surface area is 110 Å². The molecular weight excluding hydrogens is 250 g/mol. The highest BCUT2D eigenvalue weighted by molar-refractivity contribution is 5.85. The van der Waals surface area contributed by atoms with Crippen LogP contribution in [0.4, 0.5) is 0 Å². The van der Waals surface area contributed by atoms with E-state index in [2.05, 4.69) is 0 Å². The summed E-state index contributed by atoms with van der Waals surface area (Å²) in [6.45, 7) is 0.209. The zero-order valence-electron chi connectivity index (χ0n) is 10.5. The molecule has 1 saturated heterocycles. The first-order chi connectivity index (χ1) is 9.11. The molecule has 102 valence electrons. The summed E-state index contributed by atoms with van der Waals surface area (Å²) in [7, 11) is 1.57. The van der Waals surface area contributed by atoms with Crippen LogP contribution < -0.4 is 4.74 Å². The van der Waals surface area contributed by atoms with E-state index in [1.165, 1.54) is 4.90 Å². The van der Waals surface area contributed by atoms with Gasteiger partial charge in [-0.25, -0.2) is 4.79 Å². The number of carbonyl (C=O) groups excluding carboxylic acids is 1. The van der Waals surface area contributed by atoms with Gasteiger partial charge in [-0.15, -0.1) is 0 Å². The Morgan fingerprint density at radius 2 is 2.16 bits per heavy atom. The SMILES string of the molecule is COc1ccc(CN2C(=O)COCC2C(=O)O)cc1. The Kier molecular flexibility index (Phi) is 4.01. The number of carboxylic acid groups (broad SMARTS) is 1. The van der Waals surface area contributed by atoms with Crippen LogP contribution in [0.3, 0.4) is 0 Å². The van der Waals surface area contributed by atoms with E-state index in [1.807, 2.05) is 0 Å². The van der Waals surface area contributed by atoms with Gasteiger partial charge >= 0.3 is 5.97 Å². The molecule has 0 aromatic heterocycles. The molecule has 1 aromatic carbocycles. The van der Waals surface area contributed by atoms with Gasteiger partial charge in [-0.1, -0.05) is 12.1 Å². The molecule has 1 unspecified atom stereocenters. The largest absolute Gasteiger partial charge is 0.497 e. The van der Waals surface area contributed by atoms with Gasteiger partial charge in [0.15, 0.2) is 6.04 Å². The number of hydrogen-bond donors (Lipinski definition) is 1. The van der Waals surface area contributed by atoms with Crippen LogP contribution in [0.2, 0.25) is 0 Å². The van der Waals surface area contributed by atoms with Crippen molar-refractivity contribution in [3.05, 3.63) is 29.8 Å². The van der Waals surface area contributed by atoms with E-state index in [1.54, 1.807) is 31.4 Å². The topological polar surface area (TPSA) is 76.1 Å². The van der Waals surface area contributed by atoms with Crippen LogP contribution in [0.1, 0.15) is 5.56 Å². The van der Waals surface area contributed by atoms with Gasteiger partial charge in [0.25, 0.3) is 0 Å². The standard InChI is InChI=1S/C13H15NO5/c1-18-10-4-2-9(3-5-10)6-14-11(13(16)17)7-19-8-12(14)15/h2-5,11H,6-8H2,1H3,(H,16,17). The van der Waals surface area contributed by atoms with Gasteiger partial charge in [0.1, 0.15) is 12.4 Å². The van der Waals surface area contributed by atoms with E-state index in [4.69, 9.17) is 14.6 Å². The second kappa shape index (κ2) is 5.71. The van der Waals surface area contributed by atoms with Gasteiger partial charge in [-0.3, -0.25) is 4.79 Å². The number of ether oxygens (including phenoxy) is 2. The molecule has 19 heavy (non-hydrogen) atoms. The molecule has 6 nitrogen and oxygen atoms in total. The number of methoxy groups -OCH3 is 1. The van der Waals surface area contributed by atoms with Crippen LogP contribution >= 0.6 is 0 Å². The van der Waals surface area contributed by atoms with E-state index in [9.17, 15) is 9.59 Å². The van der Waals surface area contributed by atoms with Gasteiger partial charge in [0.05, 0.1) is 13.7 Å². The van der Waals surface area contributed by atoms with Crippen molar-refractivity contribution in [2.75, 3.05) is 20.3 Å². The number of carbonyl (C=O) groups is 2. The third-order valence-electron chi connectivity index (χ3n) is 2.99. The fraction of sp³-hybridized carbons (Fsp3) is 0.385. The summed E-state index contributed by atoms with van der Waals surface area (Å²) in [5, 5.41) is 9.09. The predicted molar refractivity (Wildman–Crippen MR) is 65.8 cm³/mol. The molecule has 0 bridgehead atoms. The quantitative estimate of drug-likeness (QED) is 0.858. The normalized spacial score (nSPS) is 19.3. The molecule has 1 atom stereocenters. The van der Waals surface area contributed by atoms with Crippen LogP contribution in [0.15, 0.2) is 24.3 Å². The minimum absolute atomic E-state index is 0.0250. The molecule has 1 aliphatic heterocycles. The highest BCUT2D eigenvalue weighted by Gasteiger charge is 2.33. The smallest absolute Gasteiger partial charge is 0.328 e. The van der Waals surface area contributed by atoms with Crippen molar-refractivity contribution >= 4 is 11.9 Å². The van der Waals surface area contributed by atoms with E-state index in [0.29, 0.717) is 5.75 Å². The number of nitrogens with zero attached hydrogens (tertiary/aromatic N) is 1. The summed E-state index contributed by atoms with van der Waals surface area (Å²) in [6.07, 6.45) is 0. The van der Waals surface area contributed by atoms with E-state index < -0.39 is 12.0 Å². The average Bonchev–Trinajstić information content (AvgIpc) is 2.41. The van der Waals surface area contributed by atoms with Crippen LogP contribution in [0.5, 0.6) is 5.75 Å². The Morgan fingerprint density at radius 1 is 1.47 bits per heavy atom. The number of aliphatic carboxylic acids is 1. The van der Waals surface area contributed by atoms with Crippen LogP contribution in [-0.4, -0.2) is 48.2 Å². The fourth-order valence-electron chi connectivity index (χ4n) is 1.94. The van der Waals surface area contributed by atoms with Crippen molar-refractivity contribution in [3.63, 3.8) is 0 Å². The number of amides is 1. The Bertz CT molecular complexity index is 470. The lowest BCUT2D eigenvalue weighted by atomic mass is 10.1. The van der Waals surface area contributed by atoms with E-state index in [-0.39, 0.29) is 25.7 Å². The van der Waals surface area contributed by atoms with Crippen molar-refractivity contribution in [1.82, 2.24) is 4.90 Å². The Hall–Kier alpha value is -2.08. The molecule has 1 aliphatic rings. The van der Waals surface area contributed by atoms with Gasteiger partial charge in [0.2, 0.25) is 5.91 Å². The van der Waals surface area contributed by atoms with Crippen molar-refractivity contribution < 1.29 is 24.2 Å². The first-order valence-electron chi connectivity index (χ1n) is 5.85. The predicted octanol–water partition coefficient (Wildman–Crippen LogP) is 0.507. The number of carboxylic acids is 1. The molecule has 0 radical (unpaired) electrons. The third-order valence-corrected chi connectivity index (χ3v) is 2.99. The second-order valence-corrected chi connectivity index (χ2v) is 4.24. The Morgan fingerprint density at radius 3 is 2.74 bits per heavy atom. The summed E-state index contributed by atoms with van der Waals surface area (Å²) < 4.78 is 10.0.